The van der Waals surface area contributed by atoms with E-state index in [1.807, 2.05) is 30.4 Å². The van der Waals surface area contributed by atoms with E-state index in [0.717, 1.165) is 33.4 Å². The molecule has 3 heterocycles. The maximum absolute atomic E-state index is 14.6. The quantitative estimate of drug-likeness (QED) is 0.113. The number of rotatable bonds is 7. The van der Waals surface area contributed by atoms with Crippen molar-refractivity contribution >= 4 is 40.1 Å². The number of fused-ring (bicyclic) bond motifs is 3. The van der Waals surface area contributed by atoms with E-state index in [-0.39, 0.29) is 23.8 Å². The lowest BCUT2D eigenvalue weighted by Crippen LogP contribution is -2.53. The van der Waals surface area contributed by atoms with Crippen LogP contribution in [0.5, 0.6) is 0 Å². The van der Waals surface area contributed by atoms with Crippen molar-refractivity contribution in [2.45, 2.75) is 38.3 Å². The van der Waals surface area contributed by atoms with Crippen LogP contribution >= 0.6 is 22.6 Å². The summed E-state index contributed by atoms with van der Waals surface area (Å²) in [5.74, 6) is -1.18. The molecule has 6 rings (SSSR count). The topological polar surface area (TPSA) is 43.9 Å². The van der Waals surface area contributed by atoms with Crippen LogP contribution in [0.4, 0.5) is 5.69 Å². The molecule has 4 atom stereocenters. The van der Waals surface area contributed by atoms with Crippen molar-refractivity contribution in [3.8, 4) is 0 Å². The molecule has 2 fully saturated rings. The Bertz CT molecular complexity index is 1590. The first-order valence-electron chi connectivity index (χ1n) is 14.3. The van der Waals surface area contributed by atoms with Gasteiger partial charge in [-0.15, -0.1) is 0 Å². The molecule has 0 N–H and O–H groups in total. The molecule has 0 aliphatic carbocycles. The molecule has 212 valence electrons. The first kappa shape index (κ1) is 28.2. The van der Waals surface area contributed by atoms with Gasteiger partial charge in [0.25, 0.3) is 5.91 Å². The van der Waals surface area contributed by atoms with Gasteiger partial charge >= 0.3 is 0 Å². The standard InChI is InChI=1S/C36H34IN3O2/c1-4-9-28(12-8-21-37)38-35(41)33-31(26-17-13-24(2)14-18-26)22-30-23-32(27-19-15-25(3)16-20-27)39(29-10-6-5-7-11-29)40(30)34(33)36(38)42/h4-20,22,31-34H,1,21,23H2,2-3H3. The van der Waals surface area contributed by atoms with Gasteiger partial charge in [0.15, 0.2) is 0 Å². The van der Waals surface area contributed by atoms with Gasteiger partial charge < -0.3 is 0 Å². The summed E-state index contributed by atoms with van der Waals surface area (Å²) < 4.78 is 0.763. The third-order valence-electron chi connectivity index (χ3n) is 8.44. The molecule has 3 aromatic carbocycles. The Labute approximate surface area is 261 Å². The van der Waals surface area contributed by atoms with E-state index in [0.29, 0.717) is 5.70 Å². The molecule has 3 aliphatic rings. The van der Waals surface area contributed by atoms with Crippen LogP contribution in [0, 0.1) is 19.8 Å². The first-order valence-corrected chi connectivity index (χ1v) is 15.9. The molecule has 0 aromatic heterocycles. The number of carbonyl (C=O) groups is 2. The maximum Gasteiger partial charge on any atom is 0.259 e. The predicted molar refractivity (Wildman–Crippen MR) is 177 cm³/mol. The van der Waals surface area contributed by atoms with E-state index in [1.54, 1.807) is 12.2 Å². The SMILES string of the molecule is C=CC=C(C=CCI)N1C(=O)C2C(c3ccc(C)cc3)C=C3CC(c4ccc(C)cc4)N(c4ccccc4)N3C2C1=O. The van der Waals surface area contributed by atoms with Crippen LogP contribution in [0.1, 0.15) is 40.6 Å². The van der Waals surface area contributed by atoms with Crippen molar-refractivity contribution in [2.75, 3.05) is 9.44 Å². The monoisotopic (exact) mass is 667 g/mol. The fraction of sp³-hybridized carbons (Fsp3) is 0.222. The smallest absolute Gasteiger partial charge is 0.259 e. The minimum atomic E-state index is -0.680. The highest BCUT2D eigenvalue weighted by Gasteiger charge is 2.60. The molecule has 42 heavy (non-hydrogen) atoms. The summed E-state index contributed by atoms with van der Waals surface area (Å²) in [6.07, 6.45) is 10.2. The van der Waals surface area contributed by atoms with Crippen molar-refractivity contribution in [3.63, 3.8) is 0 Å². The van der Waals surface area contributed by atoms with Gasteiger partial charge in [-0.25, -0.2) is 4.90 Å². The molecule has 6 heteroatoms. The van der Waals surface area contributed by atoms with Crippen molar-refractivity contribution in [3.05, 3.63) is 149 Å². The van der Waals surface area contributed by atoms with Crippen LogP contribution in [0.3, 0.4) is 0 Å². The number of hydrazine groups is 1. The summed E-state index contributed by atoms with van der Waals surface area (Å²) >= 11 is 2.26. The fourth-order valence-corrected chi connectivity index (χ4v) is 6.74. The number of amides is 2. The Morgan fingerprint density at radius 3 is 2.14 bits per heavy atom. The molecule has 3 aromatic rings. The molecule has 2 saturated heterocycles. The Hall–Kier alpha value is -3.91. The summed E-state index contributed by atoms with van der Waals surface area (Å²) in [6.45, 7) is 8.01. The second kappa shape index (κ2) is 11.8. The molecular weight excluding hydrogens is 633 g/mol. The van der Waals surface area contributed by atoms with Crippen molar-refractivity contribution in [1.82, 2.24) is 9.91 Å². The summed E-state index contributed by atoms with van der Waals surface area (Å²) in [5.41, 5.74) is 7.19. The average Bonchev–Trinajstić information content (AvgIpc) is 3.51. The summed E-state index contributed by atoms with van der Waals surface area (Å²) in [4.78, 5) is 30.4. The van der Waals surface area contributed by atoms with E-state index in [2.05, 4.69) is 120 Å². The summed E-state index contributed by atoms with van der Waals surface area (Å²) in [6, 6.07) is 26.5. The third-order valence-corrected chi connectivity index (χ3v) is 8.94. The Morgan fingerprint density at radius 1 is 0.881 bits per heavy atom. The van der Waals surface area contributed by atoms with Gasteiger partial charge in [0.1, 0.15) is 6.04 Å². The van der Waals surface area contributed by atoms with Gasteiger partial charge in [0, 0.05) is 22.5 Å². The zero-order chi connectivity index (χ0) is 29.4. The van der Waals surface area contributed by atoms with Gasteiger partial charge in [0.2, 0.25) is 5.91 Å². The van der Waals surface area contributed by atoms with E-state index >= 15 is 0 Å². The van der Waals surface area contributed by atoms with Gasteiger partial charge in [0.05, 0.1) is 23.3 Å². The highest BCUT2D eigenvalue weighted by atomic mass is 127. The number of nitrogens with zero attached hydrogens (tertiary/aromatic N) is 3. The number of anilines is 1. The number of hydrogen-bond acceptors (Lipinski definition) is 4. The number of likely N-dealkylation sites (tertiary alicyclic amines) is 1. The zero-order valence-corrected chi connectivity index (χ0v) is 26.0. The van der Waals surface area contributed by atoms with Crippen LogP contribution in [0.2, 0.25) is 0 Å². The van der Waals surface area contributed by atoms with Crippen molar-refractivity contribution in [2.24, 2.45) is 5.92 Å². The van der Waals surface area contributed by atoms with Crippen LogP contribution in [-0.4, -0.2) is 32.2 Å². The van der Waals surface area contributed by atoms with Crippen LogP contribution in [0.15, 0.2) is 127 Å². The molecule has 0 bridgehead atoms. The largest absolute Gasteiger partial charge is 0.277 e. The minimum absolute atomic E-state index is 0.0178. The Morgan fingerprint density at radius 2 is 1.52 bits per heavy atom. The average molecular weight is 668 g/mol. The number of aryl methyl sites for hydroxylation is 2. The van der Waals surface area contributed by atoms with E-state index in [4.69, 9.17) is 0 Å². The minimum Gasteiger partial charge on any atom is -0.277 e. The second-order valence-corrected chi connectivity index (χ2v) is 12.0. The van der Waals surface area contributed by atoms with Gasteiger partial charge in [-0.3, -0.25) is 19.6 Å². The van der Waals surface area contributed by atoms with Crippen LogP contribution in [-0.2, 0) is 9.59 Å². The van der Waals surface area contributed by atoms with Crippen molar-refractivity contribution in [1.29, 1.82) is 0 Å². The maximum atomic E-state index is 14.6. The lowest BCUT2D eigenvalue weighted by molar-refractivity contribution is -0.137. The normalized spacial score (nSPS) is 23.8. The molecule has 0 radical (unpaired) electrons. The van der Waals surface area contributed by atoms with Gasteiger partial charge in [-0.1, -0.05) is 125 Å². The number of benzene rings is 3. The zero-order valence-electron chi connectivity index (χ0n) is 23.9. The number of imide groups is 1. The predicted octanol–water partition coefficient (Wildman–Crippen LogP) is 7.57. The summed E-state index contributed by atoms with van der Waals surface area (Å²) in [7, 11) is 0. The molecule has 0 saturated carbocycles. The van der Waals surface area contributed by atoms with Gasteiger partial charge in [-0.05, 0) is 49.3 Å². The molecule has 2 amide bonds. The van der Waals surface area contributed by atoms with Crippen molar-refractivity contribution < 1.29 is 9.59 Å². The van der Waals surface area contributed by atoms with Gasteiger partial charge in [-0.2, -0.15) is 0 Å². The van der Waals surface area contributed by atoms with E-state index in [1.165, 1.54) is 16.0 Å². The molecule has 4 unspecified atom stereocenters. The lowest BCUT2D eigenvalue weighted by atomic mass is 9.78. The number of alkyl halides is 1. The van der Waals surface area contributed by atoms with Crippen LogP contribution < -0.4 is 5.01 Å². The molecule has 0 spiro atoms. The second-order valence-electron chi connectivity index (χ2n) is 11.1. The number of para-hydroxylation sites is 1. The Balaban J connectivity index is 1.54. The molecular formula is C36H34IN3O2. The number of halogens is 1. The highest BCUT2D eigenvalue weighted by molar-refractivity contribution is 14.1. The third kappa shape index (κ3) is 4.91. The Kier molecular flexibility index (Phi) is 7.90. The molecule has 3 aliphatic heterocycles. The number of allylic oxidation sites excluding steroid dienone is 5. The lowest BCUT2D eigenvalue weighted by Gasteiger charge is -2.43. The summed E-state index contributed by atoms with van der Waals surface area (Å²) in [5, 5.41) is 4.37. The molecule has 5 nitrogen and oxygen atoms in total. The van der Waals surface area contributed by atoms with Crippen LogP contribution in [0.25, 0.3) is 0 Å². The first-order chi connectivity index (χ1) is 20.4. The fourth-order valence-electron chi connectivity index (χ4n) is 6.49. The van der Waals surface area contributed by atoms with E-state index in [9.17, 15) is 9.59 Å². The highest BCUT2D eigenvalue weighted by Crippen LogP contribution is 2.52. The number of hydrogen-bond donors (Lipinski definition) is 0. The number of carbonyl (C=O) groups excluding carboxylic acids is 2. The van der Waals surface area contributed by atoms with E-state index < -0.39 is 12.0 Å².